The molecule has 1 aromatic carbocycles. The van der Waals surface area contributed by atoms with Crippen molar-refractivity contribution in [3.05, 3.63) is 35.4 Å². The lowest BCUT2D eigenvalue weighted by Crippen LogP contribution is -2.50. The number of likely N-dealkylation sites (N-methyl/N-ethyl adjacent to an activating group) is 1. The molecular formula is C21H33ClN2O. The van der Waals surface area contributed by atoms with Crippen molar-refractivity contribution in [1.29, 1.82) is 0 Å². The highest BCUT2D eigenvalue weighted by Crippen LogP contribution is 2.42. The van der Waals surface area contributed by atoms with Gasteiger partial charge in [-0.3, -0.25) is 4.79 Å². The molecule has 0 radical (unpaired) electrons. The fourth-order valence-electron chi connectivity index (χ4n) is 4.70. The van der Waals surface area contributed by atoms with Gasteiger partial charge in [0, 0.05) is 25.0 Å². The summed E-state index contributed by atoms with van der Waals surface area (Å²) >= 11 is 0. The normalized spacial score (nSPS) is 29.4. The zero-order valence-corrected chi connectivity index (χ0v) is 16.6. The van der Waals surface area contributed by atoms with E-state index in [2.05, 4.69) is 38.1 Å². The molecule has 2 aliphatic rings. The first-order valence-corrected chi connectivity index (χ1v) is 9.53. The van der Waals surface area contributed by atoms with E-state index < -0.39 is 0 Å². The molecule has 1 amide bonds. The summed E-state index contributed by atoms with van der Waals surface area (Å²) in [4.78, 5) is 15.0. The van der Waals surface area contributed by atoms with Gasteiger partial charge in [0.2, 0.25) is 5.91 Å². The first-order chi connectivity index (χ1) is 11.5. The molecule has 1 aromatic rings. The summed E-state index contributed by atoms with van der Waals surface area (Å²) in [5, 5.41) is 0. The number of hydrogen-bond acceptors (Lipinski definition) is 2. The van der Waals surface area contributed by atoms with Gasteiger partial charge in [0.25, 0.3) is 0 Å². The Bertz CT molecular complexity index is 560. The zero-order chi connectivity index (χ0) is 17.3. The lowest BCUT2D eigenvalue weighted by molar-refractivity contribution is -0.139. The number of carbonyl (C=O) groups excluding carboxylic acids is 1. The number of benzene rings is 1. The number of fused-ring (bicyclic) bond motifs is 2. The summed E-state index contributed by atoms with van der Waals surface area (Å²) in [6.07, 6.45) is 6.63. The molecule has 2 saturated carbocycles. The average molecular weight is 365 g/mol. The minimum absolute atomic E-state index is 0. The molecule has 0 spiro atoms. The van der Waals surface area contributed by atoms with Gasteiger partial charge in [-0.1, -0.05) is 36.2 Å². The molecule has 2 bridgehead atoms. The highest BCUT2D eigenvalue weighted by Gasteiger charge is 2.41. The molecule has 0 saturated heterocycles. The Hall–Kier alpha value is -1.06. The maximum atomic E-state index is 13.0. The molecule has 3 unspecified atom stereocenters. The quantitative estimate of drug-likeness (QED) is 0.878. The number of amides is 1. The van der Waals surface area contributed by atoms with E-state index in [1.54, 1.807) is 0 Å². The summed E-state index contributed by atoms with van der Waals surface area (Å²) < 4.78 is 0. The van der Waals surface area contributed by atoms with Crippen molar-refractivity contribution < 1.29 is 4.79 Å². The van der Waals surface area contributed by atoms with Crippen molar-refractivity contribution in [3.63, 3.8) is 0 Å². The average Bonchev–Trinajstić information content (AvgIpc) is 2.55. The number of carbonyl (C=O) groups is 1. The van der Waals surface area contributed by atoms with Gasteiger partial charge in [-0.15, -0.1) is 12.4 Å². The topological polar surface area (TPSA) is 46.3 Å². The Morgan fingerprint density at radius 3 is 2.32 bits per heavy atom. The van der Waals surface area contributed by atoms with Crippen LogP contribution in [0.15, 0.2) is 24.3 Å². The molecule has 4 heteroatoms. The van der Waals surface area contributed by atoms with E-state index in [0.717, 1.165) is 19.3 Å². The predicted molar refractivity (Wildman–Crippen MR) is 106 cm³/mol. The van der Waals surface area contributed by atoms with Crippen molar-refractivity contribution >= 4 is 18.3 Å². The Balaban J connectivity index is 0.00000225. The van der Waals surface area contributed by atoms with Crippen LogP contribution in [0.4, 0.5) is 0 Å². The van der Waals surface area contributed by atoms with E-state index >= 15 is 0 Å². The molecule has 140 valence electrons. The van der Waals surface area contributed by atoms with Gasteiger partial charge in [-0.2, -0.15) is 0 Å². The minimum atomic E-state index is 0. The smallest absolute Gasteiger partial charge is 0.225 e. The number of halogens is 1. The van der Waals surface area contributed by atoms with Gasteiger partial charge in [0.05, 0.1) is 0 Å². The van der Waals surface area contributed by atoms with Crippen LogP contribution < -0.4 is 5.73 Å². The molecule has 3 atom stereocenters. The monoisotopic (exact) mass is 364 g/mol. The number of nitrogens with zero attached hydrogens (tertiary/aromatic N) is 1. The minimum Gasteiger partial charge on any atom is -0.342 e. The molecular weight excluding hydrogens is 332 g/mol. The van der Waals surface area contributed by atoms with Crippen LogP contribution in [-0.4, -0.2) is 29.9 Å². The van der Waals surface area contributed by atoms with Crippen LogP contribution in [-0.2, 0) is 11.2 Å². The number of nitrogens with two attached hydrogens (primary N) is 1. The fraction of sp³-hybridized carbons (Fsp3) is 0.667. The van der Waals surface area contributed by atoms with E-state index in [-0.39, 0.29) is 24.4 Å². The molecule has 2 N–H and O–H groups in total. The molecule has 0 aromatic heterocycles. The molecule has 3 nitrogen and oxygen atoms in total. The fourth-order valence-corrected chi connectivity index (χ4v) is 4.70. The van der Waals surface area contributed by atoms with E-state index in [9.17, 15) is 4.79 Å². The SMILES string of the molecule is Cc1ccc(CC(C)N(C)C(=O)C2CC3CCCC(C2)C3N)cc1.Cl. The second-order valence-corrected chi connectivity index (χ2v) is 8.18. The largest absolute Gasteiger partial charge is 0.342 e. The number of hydrogen-bond donors (Lipinski definition) is 1. The maximum Gasteiger partial charge on any atom is 0.225 e. The number of aryl methyl sites for hydroxylation is 1. The Morgan fingerprint density at radius 1 is 1.20 bits per heavy atom. The van der Waals surface area contributed by atoms with Crippen LogP contribution in [0, 0.1) is 24.7 Å². The lowest BCUT2D eigenvalue weighted by Gasteiger charge is -2.44. The summed E-state index contributed by atoms with van der Waals surface area (Å²) in [6.45, 7) is 4.26. The molecule has 2 fully saturated rings. The maximum absolute atomic E-state index is 13.0. The Kier molecular flexibility index (Phi) is 6.93. The lowest BCUT2D eigenvalue weighted by atomic mass is 9.65. The van der Waals surface area contributed by atoms with Gasteiger partial charge in [0.15, 0.2) is 0 Å². The van der Waals surface area contributed by atoms with Crippen LogP contribution in [0.3, 0.4) is 0 Å². The second-order valence-electron chi connectivity index (χ2n) is 8.18. The zero-order valence-electron chi connectivity index (χ0n) is 15.8. The third-order valence-corrected chi connectivity index (χ3v) is 6.42. The number of rotatable bonds is 4. The highest BCUT2D eigenvalue weighted by atomic mass is 35.5. The van der Waals surface area contributed by atoms with Gasteiger partial charge < -0.3 is 10.6 Å². The second kappa shape index (κ2) is 8.55. The summed E-state index contributed by atoms with van der Waals surface area (Å²) in [5.74, 6) is 1.64. The third kappa shape index (κ3) is 4.57. The van der Waals surface area contributed by atoms with Gasteiger partial charge >= 0.3 is 0 Å². The molecule has 0 heterocycles. The van der Waals surface area contributed by atoms with Crippen molar-refractivity contribution in [1.82, 2.24) is 4.90 Å². The van der Waals surface area contributed by atoms with Crippen molar-refractivity contribution in [2.24, 2.45) is 23.5 Å². The van der Waals surface area contributed by atoms with Gasteiger partial charge in [-0.25, -0.2) is 0 Å². The van der Waals surface area contributed by atoms with E-state index in [4.69, 9.17) is 5.73 Å². The summed E-state index contributed by atoms with van der Waals surface area (Å²) in [5.41, 5.74) is 8.95. The Morgan fingerprint density at radius 2 is 1.76 bits per heavy atom. The van der Waals surface area contributed by atoms with Crippen LogP contribution >= 0.6 is 12.4 Å². The predicted octanol–water partition coefficient (Wildman–Crippen LogP) is 3.96. The summed E-state index contributed by atoms with van der Waals surface area (Å²) in [7, 11) is 1.98. The third-order valence-electron chi connectivity index (χ3n) is 6.42. The summed E-state index contributed by atoms with van der Waals surface area (Å²) in [6, 6.07) is 9.21. The van der Waals surface area contributed by atoms with E-state index in [0.29, 0.717) is 23.8 Å². The van der Waals surface area contributed by atoms with Gasteiger partial charge in [0.1, 0.15) is 0 Å². The molecule has 0 aliphatic heterocycles. The van der Waals surface area contributed by atoms with Crippen LogP contribution in [0.25, 0.3) is 0 Å². The van der Waals surface area contributed by atoms with Crippen molar-refractivity contribution in [3.8, 4) is 0 Å². The first kappa shape index (κ1) is 20.3. The molecule has 3 rings (SSSR count). The molecule has 25 heavy (non-hydrogen) atoms. The standard InChI is InChI=1S/C21H32N2O.ClH/c1-14-7-9-16(10-8-14)11-15(2)23(3)21(24)19-12-17-5-4-6-18(13-19)20(17)22;/h7-10,15,17-20H,4-6,11-13,22H2,1-3H3;1H. The van der Waals surface area contributed by atoms with Crippen LogP contribution in [0.5, 0.6) is 0 Å². The highest BCUT2D eigenvalue weighted by molar-refractivity contribution is 5.85. The van der Waals surface area contributed by atoms with Crippen LogP contribution in [0.2, 0.25) is 0 Å². The van der Waals surface area contributed by atoms with E-state index in [1.807, 2.05) is 11.9 Å². The van der Waals surface area contributed by atoms with E-state index in [1.165, 1.54) is 30.4 Å². The van der Waals surface area contributed by atoms with Crippen LogP contribution in [0.1, 0.15) is 50.2 Å². The Labute approximate surface area is 158 Å². The first-order valence-electron chi connectivity index (χ1n) is 9.53. The van der Waals surface area contributed by atoms with Crippen molar-refractivity contribution in [2.75, 3.05) is 7.05 Å². The molecule has 2 aliphatic carbocycles. The van der Waals surface area contributed by atoms with Gasteiger partial charge in [-0.05, 0) is 63.4 Å². The van der Waals surface area contributed by atoms with Crippen molar-refractivity contribution in [2.45, 2.75) is 64.5 Å².